The van der Waals surface area contributed by atoms with E-state index in [1.54, 1.807) is 27.0 Å². The van der Waals surface area contributed by atoms with Gasteiger partial charge in [0.15, 0.2) is 5.82 Å². The summed E-state index contributed by atoms with van der Waals surface area (Å²) in [5, 5.41) is 23.3. The van der Waals surface area contributed by atoms with Crippen molar-refractivity contribution in [3.63, 3.8) is 0 Å². The van der Waals surface area contributed by atoms with Crippen LogP contribution in [-0.2, 0) is 0 Å². The van der Waals surface area contributed by atoms with Crippen LogP contribution in [0.5, 0.6) is 0 Å². The maximum absolute atomic E-state index is 14.7. The summed E-state index contributed by atoms with van der Waals surface area (Å²) in [6, 6.07) is 3.79. The first-order chi connectivity index (χ1) is 17.1. The van der Waals surface area contributed by atoms with Gasteiger partial charge in [-0.3, -0.25) is 10.2 Å². The van der Waals surface area contributed by atoms with Crippen molar-refractivity contribution in [2.75, 3.05) is 23.3 Å². The van der Waals surface area contributed by atoms with E-state index < -0.39 is 17.1 Å². The fourth-order valence-electron chi connectivity index (χ4n) is 3.66. The van der Waals surface area contributed by atoms with E-state index in [1.807, 2.05) is 0 Å². The number of amides is 1. The van der Waals surface area contributed by atoms with Crippen LogP contribution in [0, 0.1) is 16.6 Å². The molecule has 4 rings (SSSR count). The van der Waals surface area contributed by atoms with Crippen LogP contribution >= 0.6 is 0 Å². The summed E-state index contributed by atoms with van der Waals surface area (Å²) in [5.41, 5.74) is 0.505. The Morgan fingerprint density at radius 3 is 2.64 bits per heavy atom. The zero-order valence-corrected chi connectivity index (χ0v) is 20.5. The van der Waals surface area contributed by atoms with E-state index in [-0.39, 0.29) is 28.7 Å². The third-order valence-electron chi connectivity index (χ3n) is 5.78. The van der Waals surface area contributed by atoms with Crippen LogP contribution < -0.4 is 15.5 Å². The molecule has 1 aromatic carbocycles. The molecule has 0 bridgehead atoms. The minimum Gasteiger partial charge on any atom is -0.512 e. The summed E-state index contributed by atoms with van der Waals surface area (Å²) in [7, 11) is 0. The highest BCUT2D eigenvalue weighted by molar-refractivity contribution is 6.09. The molecule has 11 heteroatoms. The van der Waals surface area contributed by atoms with Crippen molar-refractivity contribution >= 4 is 40.2 Å². The number of fused-ring (bicyclic) bond motifs is 1. The number of nitrogens with one attached hydrogen (secondary N) is 3. The van der Waals surface area contributed by atoms with Gasteiger partial charge in [0.2, 0.25) is 5.95 Å². The molecule has 36 heavy (non-hydrogen) atoms. The summed E-state index contributed by atoms with van der Waals surface area (Å²) in [4.78, 5) is 32.3. The average molecular weight is 493 g/mol. The van der Waals surface area contributed by atoms with Crippen LogP contribution in [0.15, 0.2) is 42.6 Å². The van der Waals surface area contributed by atoms with Crippen LogP contribution in [0.25, 0.3) is 11.0 Å². The second-order valence-corrected chi connectivity index (χ2v) is 9.64. The number of amidine groups is 1. The monoisotopic (exact) mass is 492 g/mol. The molecular formula is C25H29FN8O2. The first-order valence-corrected chi connectivity index (χ1v) is 11.7. The predicted octanol–water partition coefficient (Wildman–Crippen LogP) is 4.49. The molecule has 1 aliphatic rings. The van der Waals surface area contributed by atoms with Gasteiger partial charge in [0, 0.05) is 30.1 Å². The minimum absolute atomic E-state index is 0.0143. The number of carbonyl (C=O) groups excluding carboxylic acids is 1. The van der Waals surface area contributed by atoms with Gasteiger partial charge in [0.05, 0.1) is 11.9 Å². The van der Waals surface area contributed by atoms with Crippen molar-refractivity contribution in [3.8, 4) is 0 Å². The van der Waals surface area contributed by atoms with Gasteiger partial charge in [-0.1, -0.05) is 20.8 Å². The lowest BCUT2D eigenvalue weighted by molar-refractivity contribution is 0.0977. The molecule has 0 spiro atoms. The van der Waals surface area contributed by atoms with Gasteiger partial charge in [-0.15, -0.1) is 0 Å². The molecule has 0 atom stereocenters. The predicted molar refractivity (Wildman–Crippen MR) is 136 cm³/mol. The molecule has 3 heterocycles. The van der Waals surface area contributed by atoms with Crippen LogP contribution in [0.3, 0.4) is 0 Å². The second-order valence-electron chi connectivity index (χ2n) is 9.64. The number of allylic oxidation sites excluding steroid dienone is 1. The summed E-state index contributed by atoms with van der Waals surface area (Å²) in [5.74, 6) is -0.695. The number of carbonyl (C=O) groups is 1. The Morgan fingerprint density at radius 2 is 1.92 bits per heavy atom. The van der Waals surface area contributed by atoms with Gasteiger partial charge in [0.1, 0.15) is 34.8 Å². The number of piperidine rings is 1. The number of halogens is 1. The highest BCUT2D eigenvalue weighted by Gasteiger charge is 2.19. The Labute approximate surface area is 208 Å². The lowest BCUT2D eigenvalue weighted by Crippen LogP contribution is -2.31. The summed E-state index contributed by atoms with van der Waals surface area (Å²) < 4.78 is 14.7. The number of aliphatic hydroxyl groups is 1. The van der Waals surface area contributed by atoms with Gasteiger partial charge >= 0.3 is 0 Å². The Kier molecular flexibility index (Phi) is 7.09. The molecule has 3 aromatic rings. The second kappa shape index (κ2) is 10.2. The SMILES string of the molecule is CC(C)(C)/C(O)=C/C(=N)NC(=O)c1ccc(F)c(Nc2ncnc3cnc(N4CCCCC4)nc23)c1. The maximum Gasteiger partial charge on any atom is 0.256 e. The number of aliphatic hydroxyl groups excluding tert-OH is 1. The molecule has 1 amide bonds. The number of benzene rings is 1. The van der Waals surface area contributed by atoms with Crippen molar-refractivity contribution < 1.29 is 14.3 Å². The van der Waals surface area contributed by atoms with Crippen molar-refractivity contribution in [2.24, 2.45) is 5.41 Å². The number of aromatic nitrogens is 4. The molecule has 0 aliphatic carbocycles. The third-order valence-corrected chi connectivity index (χ3v) is 5.78. The van der Waals surface area contributed by atoms with E-state index in [2.05, 4.69) is 35.5 Å². The van der Waals surface area contributed by atoms with Crippen molar-refractivity contribution in [2.45, 2.75) is 40.0 Å². The molecular weight excluding hydrogens is 463 g/mol. The van der Waals surface area contributed by atoms with Gasteiger partial charge in [-0.2, -0.15) is 0 Å². The van der Waals surface area contributed by atoms with Crippen LogP contribution in [0.2, 0.25) is 0 Å². The summed E-state index contributed by atoms with van der Waals surface area (Å²) in [6.45, 7) is 7.08. The zero-order chi connectivity index (χ0) is 25.9. The minimum atomic E-state index is -0.622. The van der Waals surface area contributed by atoms with Crippen molar-refractivity contribution in [1.82, 2.24) is 25.3 Å². The number of anilines is 3. The topological polar surface area (TPSA) is 140 Å². The number of hydrogen-bond donors (Lipinski definition) is 4. The molecule has 0 unspecified atom stereocenters. The van der Waals surface area contributed by atoms with Crippen LogP contribution in [0.4, 0.5) is 21.8 Å². The number of hydrogen-bond acceptors (Lipinski definition) is 9. The first-order valence-electron chi connectivity index (χ1n) is 11.7. The molecule has 0 radical (unpaired) electrons. The van der Waals surface area contributed by atoms with E-state index in [1.165, 1.54) is 31.0 Å². The number of rotatable bonds is 5. The van der Waals surface area contributed by atoms with Crippen molar-refractivity contribution in [1.29, 1.82) is 5.41 Å². The summed E-state index contributed by atoms with van der Waals surface area (Å²) in [6.07, 6.45) is 7.44. The lowest BCUT2D eigenvalue weighted by Gasteiger charge is -2.26. The fraction of sp³-hybridized carbons (Fsp3) is 0.360. The maximum atomic E-state index is 14.7. The Hall–Kier alpha value is -4.15. The van der Waals surface area contributed by atoms with E-state index in [0.29, 0.717) is 17.0 Å². The quantitative estimate of drug-likeness (QED) is 0.232. The van der Waals surface area contributed by atoms with Crippen LogP contribution in [-0.4, -0.2) is 49.9 Å². The molecule has 1 saturated heterocycles. The van der Waals surface area contributed by atoms with Gasteiger partial charge in [0.25, 0.3) is 5.91 Å². The zero-order valence-electron chi connectivity index (χ0n) is 20.5. The number of nitrogens with zero attached hydrogens (tertiary/aromatic N) is 5. The van der Waals surface area contributed by atoms with E-state index in [9.17, 15) is 14.3 Å². The summed E-state index contributed by atoms with van der Waals surface area (Å²) >= 11 is 0. The third kappa shape index (κ3) is 5.73. The molecule has 4 N–H and O–H groups in total. The molecule has 1 fully saturated rings. The van der Waals surface area contributed by atoms with Crippen LogP contribution in [0.1, 0.15) is 50.4 Å². The molecule has 188 valence electrons. The van der Waals surface area contributed by atoms with Gasteiger partial charge in [-0.25, -0.2) is 24.3 Å². The average Bonchev–Trinajstić information content (AvgIpc) is 2.85. The Bertz CT molecular complexity index is 1330. The van der Waals surface area contributed by atoms with E-state index >= 15 is 0 Å². The molecule has 2 aromatic heterocycles. The highest BCUT2D eigenvalue weighted by atomic mass is 19.1. The molecule has 1 aliphatic heterocycles. The Morgan fingerprint density at radius 1 is 1.17 bits per heavy atom. The fourth-order valence-corrected chi connectivity index (χ4v) is 3.66. The smallest absolute Gasteiger partial charge is 0.256 e. The highest BCUT2D eigenvalue weighted by Crippen LogP contribution is 2.26. The van der Waals surface area contributed by atoms with Gasteiger partial charge in [-0.05, 0) is 37.5 Å². The normalized spacial score (nSPS) is 14.6. The van der Waals surface area contributed by atoms with E-state index in [4.69, 9.17) is 5.41 Å². The van der Waals surface area contributed by atoms with Crippen molar-refractivity contribution in [3.05, 3.63) is 53.9 Å². The van der Waals surface area contributed by atoms with E-state index in [0.717, 1.165) is 32.0 Å². The first kappa shape index (κ1) is 25.0. The Balaban J connectivity index is 1.58. The molecule has 0 saturated carbocycles. The largest absolute Gasteiger partial charge is 0.512 e. The standard InChI is InChI=1S/C25H29FN8O2/c1-25(2,3)19(35)12-20(27)32-23(36)15-7-8-16(26)17(11-15)31-22-21-18(29-14-30-22)13-28-24(33-21)34-9-5-4-6-10-34/h7-8,11-14,35H,4-6,9-10H2,1-3H3,(H2,27,32,36)(H,29,30,31)/b19-12-. The van der Waals surface area contributed by atoms with Gasteiger partial charge < -0.3 is 20.6 Å². The molecule has 10 nitrogen and oxygen atoms in total. The lowest BCUT2D eigenvalue weighted by atomic mass is 9.93.